The Labute approximate surface area is 208 Å². The van der Waals surface area contributed by atoms with Gasteiger partial charge in [0.05, 0.1) is 28.0 Å². The minimum Gasteiger partial charge on any atom is -0.458 e. The van der Waals surface area contributed by atoms with Crippen molar-refractivity contribution in [2.75, 3.05) is 5.32 Å². The second-order valence-electron chi connectivity index (χ2n) is 8.87. The van der Waals surface area contributed by atoms with Gasteiger partial charge in [-0.15, -0.1) is 0 Å². The number of benzene rings is 1. The van der Waals surface area contributed by atoms with Crippen molar-refractivity contribution in [3.8, 4) is 11.3 Å². The first-order chi connectivity index (χ1) is 16.5. The molecule has 3 heterocycles. The Kier molecular flexibility index (Phi) is 6.52. The third kappa shape index (κ3) is 5.28. The summed E-state index contributed by atoms with van der Waals surface area (Å²) in [4.78, 5) is 25.5. The van der Waals surface area contributed by atoms with Crippen molar-refractivity contribution in [3.05, 3.63) is 66.2 Å². The van der Waals surface area contributed by atoms with E-state index in [4.69, 9.17) is 16.3 Å². The van der Waals surface area contributed by atoms with Gasteiger partial charge in [0.25, 0.3) is 10.0 Å². The number of nitrogens with zero attached hydrogens (tertiary/aromatic N) is 4. The molecule has 1 N–H and O–H groups in total. The molecule has 0 radical (unpaired) electrons. The number of aromatic nitrogens is 4. The standard InChI is InChI=1S/C24H24ClN5O4S/c1-15(23(31)34-24(2,3)4)28-21-13-26-12-20(29-21)19-14-30(22-18(19)10-16(25)11-27-22)35(32,33)17-8-6-5-7-9-17/h5-15H,1-4H3,(H,28,29)/t15-/m0/s1. The van der Waals surface area contributed by atoms with Crippen LogP contribution in [0.25, 0.3) is 22.3 Å². The fraction of sp³-hybridized carbons (Fsp3) is 0.250. The molecule has 1 aromatic carbocycles. The van der Waals surface area contributed by atoms with Crippen LogP contribution >= 0.6 is 11.6 Å². The minimum atomic E-state index is -3.94. The van der Waals surface area contributed by atoms with Crippen molar-refractivity contribution in [1.29, 1.82) is 0 Å². The summed E-state index contributed by atoms with van der Waals surface area (Å²) >= 11 is 6.19. The zero-order valence-electron chi connectivity index (χ0n) is 19.6. The highest BCUT2D eigenvalue weighted by atomic mass is 35.5. The molecule has 0 spiro atoms. The number of anilines is 1. The fourth-order valence-electron chi connectivity index (χ4n) is 3.38. The molecule has 9 nitrogen and oxygen atoms in total. The van der Waals surface area contributed by atoms with Gasteiger partial charge in [0.2, 0.25) is 0 Å². The molecular weight excluding hydrogens is 490 g/mol. The minimum absolute atomic E-state index is 0.118. The molecule has 182 valence electrons. The summed E-state index contributed by atoms with van der Waals surface area (Å²) in [5.41, 5.74) is 0.424. The lowest BCUT2D eigenvalue weighted by atomic mass is 10.1. The van der Waals surface area contributed by atoms with E-state index in [0.29, 0.717) is 27.5 Å². The fourth-order valence-corrected chi connectivity index (χ4v) is 4.89. The van der Waals surface area contributed by atoms with Gasteiger partial charge >= 0.3 is 5.97 Å². The number of hydrogen-bond donors (Lipinski definition) is 1. The van der Waals surface area contributed by atoms with Crippen LogP contribution in [0.3, 0.4) is 0 Å². The highest BCUT2D eigenvalue weighted by Crippen LogP contribution is 2.32. The summed E-state index contributed by atoms with van der Waals surface area (Å²) < 4.78 is 33.2. The summed E-state index contributed by atoms with van der Waals surface area (Å²) in [6.07, 6.45) is 5.80. The molecule has 0 saturated carbocycles. The molecule has 0 amide bonds. The van der Waals surface area contributed by atoms with Crippen LogP contribution in [0.5, 0.6) is 0 Å². The zero-order valence-corrected chi connectivity index (χ0v) is 21.1. The Morgan fingerprint density at radius 1 is 1.14 bits per heavy atom. The predicted octanol–water partition coefficient (Wildman–Crippen LogP) is 4.53. The maximum atomic E-state index is 13.4. The maximum Gasteiger partial charge on any atom is 0.328 e. The third-order valence-corrected chi connectivity index (χ3v) is 6.78. The van der Waals surface area contributed by atoms with Crippen molar-refractivity contribution >= 4 is 44.4 Å². The van der Waals surface area contributed by atoms with Crippen molar-refractivity contribution < 1.29 is 17.9 Å². The van der Waals surface area contributed by atoms with Gasteiger partial charge in [-0.2, -0.15) is 0 Å². The number of hydrogen-bond acceptors (Lipinski definition) is 8. The molecule has 0 saturated heterocycles. The van der Waals surface area contributed by atoms with Crippen LogP contribution in [0.1, 0.15) is 27.7 Å². The first-order valence-electron chi connectivity index (χ1n) is 10.7. The number of rotatable bonds is 6. The summed E-state index contributed by atoms with van der Waals surface area (Å²) in [6.45, 7) is 7.02. The van der Waals surface area contributed by atoms with Gasteiger partial charge in [-0.05, 0) is 45.9 Å². The third-order valence-electron chi connectivity index (χ3n) is 4.91. The van der Waals surface area contributed by atoms with Crippen LogP contribution in [0, 0.1) is 0 Å². The molecule has 4 aromatic rings. The summed E-state index contributed by atoms with van der Waals surface area (Å²) in [5, 5.41) is 3.81. The molecule has 0 unspecified atom stereocenters. The number of carbonyl (C=O) groups is 1. The number of halogens is 1. The van der Waals surface area contributed by atoms with Crippen LogP contribution in [-0.2, 0) is 19.6 Å². The van der Waals surface area contributed by atoms with Gasteiger partial charge in [-0.3, -0.25) is 4.98 Å². The highest BCUT2D eigenvalue weighted by Gasteiger charge is 2.25. The summed E-state index contributed by atoms with van der Waals surface area (Å²) in [7, 11) is -3.94. The van der Waals surface area contributed by atoms with Crippen molar-refractivity contribution in [1.82, 2.24) is 18.9 Å². The lowest BCUT2D eigenvalue weighted by molar-refractivity contribution is -0.155. The molecule has 35 heavy (non-hydrogen) atoms. The highest BCUT2D eigenvalue weighted by molar-refractivity contribution is 7.90. The monoisotopic (exact) mass is 513 g/mol. The molecule has 0 aliphatic carbocycles. The summed E-state index contributed by atoms with van der Waals surface area (Å²) in [5.74, 6) is -0.117. The van der Waals surface area contributed by atoms with Crippen LogP contribution in [0.4, 0.5) is 5.82 Å². The molecule has 0 bridgehead atoms. The van der Waals surface area contributed by atoms with E-state index >= 15 is 0 Å². The van der Waals surface area contributed by atoms with Gasteiger partial charge in [-0.1, -0.05) is 29.8 Å². The van der Waals surface area contributed by atoms with Gasteiger partial charge in [0.1, 0.15) is 17.5 Å². The average Bonchev–Trinajstić information content (AvgIpc) is 3.18. The molecule has 3 aromatic heterocycles. The lowest BCUT2D eigenvalue weighted by Crippen LogP contribution is -2.34. The Morgan fingerprint density at radius 3 is 2.54 bits per heavy atom. The largest absolute Gasteiger partial charge is 0.458 e. The first kappa shape index (κ1) is 24.6. The van der Waals surface area contributed by atoms with E-state index in [1.165, 1.54) is 36.9 Å². The number of pyridine rings is 1. The van der Waals surface area contributed by atoms with E-state index in [0.717, 1.165) is 3.97 Å². The van der Waals surface area contributed by atoms with Gasteiger partial charge in [0.15, 0.2) is 5.65 Å². The normalized spacial score (nSPS) is 12.9. The van der Waals surface area contributed by atoms with E-state index < -0.39 is 27.6 Å². The second-order valence-corrected chi connectivity index (χ2v) is 11.1. The second kappa shape index (κ2) is 9.27. The van der Waals surface area contributed by atoms with E-state index in [1.54, 1.807) is 52.0 Å². The predicted molar refractivity (Wildman–Crippen MR) is 134 cm³/mol. The molecule has 0 aliphatic heterocycles. The topological polar surface area (TPSA) is 116 Å². The number of nitrogens with one attached hydrogen (secondary N) is 1. The Hall–Kier alpha value is -3.50. The molecular formula is C24H24ClN5O4S. The van der Waals surface area contributed by atoms with Crippen molar-refractivity contribution in [2.45, 2.75) is 44.2 Å². The molecule has 0 fully saturated rings. The molecule has 0 aliphatic rings. The number of ether oxygens (including phenoxy) is 1. The lowest BCUT2D eigenvalue weighted by Gasteiger charge is -2.22. The molecule has 4 rings (SSSR count). The van der Waals surface area contributed by atoms with Crippen LogP contribution in [0.2, 0.25) is 5.02 Å². The van der Waals surface area contributed by atoms with E-state index in [1.807, 2.05) is 0 Å². The van der Waals surface area contributed by atoms with Crippen molar-refractivity contribution in [2.24, 2.45) is 0 Å². The van der Waals surface area contributed by atoms with Crippen molar-refractivity contribution in [3.63, 3.8) is 0 Å². The number of carbonyl (C=O) groups excluding carboxylic acids is 1. The van der Waals surface area contributed by atoms with Crippen LogP contribution in [-0.4, -0.2) is 45.0 Å². The summed E-state index contributed by atoms with van der Waals surface area (Å²) in [6, 6.07) is 9.00. The molecule has 11 heteroatoms. The zero-order chi connectivity index (χ0) is 25.4. The first-order valence-corrected chi connectivity index (χ1v) is 12.6. The van der Waals surface area contributed by atoms with Gasteiger partial charge in [0, 0.05) is 23.3 Å². The van der Waals surface area contributed by atoms with Crippen LogP contribution < -0.4 is 5.32 Å². The van der Waals surface area contributed by atoms with Gasteiger partial charge in [-0.25, -0.2) is 27.2 Å². The number of fused-ring (bicyclic) bond motifs is 1. The quantitative estimate of drug-likeness (QED) is 0.374. The van der Waals surface area contributed by atoms with E-state index in [2.05, 4.69) is 20.3 Å². The SMILES string of the molecule is C[C@H](Nc1cncc(-c2cn(S(=O)(=O)c3ccccc3)c3ncc(Cl)cc23)n1)C(=O)OC(C)(C)C. The van der Waals surface area contributed by atoms with E-state index in [9.17, 15) is 13.2 Å². The number of esters is 1. The van der Waals surface area contributed by atoms with E-state index in [-0.39, 0.29) is 10.5 Å². The average molecular weight is 514 g/mol. The van der Waals surface area contributed by atoms with Crippen LogP contribution in [0.15, 0.2) is 66.1 Å². The smallest absolute Gasteiger partial charge is 0.328 e. The maximum absolute atomic E-state index is 13.4. The molecule has 1 atom stereocenters. The Morgan fingerprint density at radius 2 is 1.86 bits per heavy atom. The van der Waals surface area contributed by atoms with Gasteiger partial charge < -0.3 is 10.1 Å². The Balaban J connectivity index is 1.76. The Bertz CT molecular complexity index is 1500.